The molecule has 0 saturated heterocycles. The van der Waals surface area contributed by atoms with Crippen molar-refractivity contribution >= 4 is 17.2 Å². The van der Waals surface area contributed by atoms with Gasteiger partial charge in [0.25, 0.3) is 0 Å². The number of carbonyl (C=O) groups excluding carboxylic acids is 1. The van der Waals surface area contributed by atoms with E-state index in [0.717, 1.165) is 39.3 Å². The first-order valence-electron chi connectivity index (χ1n) is 9.93. The minimum atomic E-state index is -0.257. The Morgan fingerprint density at radius 2 is 1.73 bits per heavy atom. The first kappa shape index (κ1) is 19.8. The van der Waals surface area contributed by atoms with Crippen LogP contribution in [0.25, 0.3) is 16.9 Å². The van der Waals surface area contributed by atoms with Crippen LogP contribution in [0.5, 0.6) is 0 Å². The lowest BCUT2D eigenvalue weighted by atomic mass is 10.1. The standard InChI is InChI=1S/C25H24FN3O/c1-15-5-7-17(3)21(11-15)27-24(30)13-22-25(19-8-9-20(26)18(4)12-19)28-23-10-6-16(2)14-29(22)23/h5-12,14H,13H2,1-4H3,(H,27,30). The van der Waals surface area contributed by atoms with Gasteiger partial charge >= 0.3 is 0 Å². The number of amides is 1. The number of rotatable bonds is 4. The van der Waals surface area contributed by atoms with Crippen LogP contribution >= 0.6 is 0 Å². The summed E-state index contributed by atoms with van der Waals surface area (Å²) in [6.07, 6.45) is 2.13. The van der Waals surface area contributed by atoms with Gasteiger partial charge in [-0.2, -0.15) is 0 Å². The van der Waals surface area contributed by atoms with Crippen LogP contribution in [-0.4, -0.2) is 15.3 Å². The normalized spacial score (nSPS) is 11.1. The van der Waals surface area contributed by atoms with Crippen LogP contribution in [-0.2, 0) is 11.2 Å². The number of carbonyl (C=O) groups is 1. The molecule has 2 aromatic heterocycles. The van der Waals surface area contributed by atoms with Gasteiger partial charge in [0.05, 0.1) is 17.8 Å². The van der Waals surface area contributed by atoms with E-state index in [1.807, 2.05) is 61.7 Å². The van der Waals surface area contributed by atoms with E-state index in [1.54, 1.807) is 19.1 Å². The van der Waals surface area contributed by atoms with Gasteiger partial charge in [0.2, 0.25) is 5.91 Å². The third-order valence-corrected chi connectivity index (χ3v) is 5.29. The van der Waals surface area contributed by atoms with E-state index in [4.69, 9.17) is 4.98 Å². The summed E-state index contributed by atoms with van der Waals surface area (Å²) in [6, 6.07) is 14.8. The monoisotopic (exact) mass is 401 g/mol. The van der Waals surface area contributed by atoms with Gasteiger partial charge in [-0.15, -0.1) is 0 Å². The van der Waals surface area contributed by atoms with Crippen molar-refractivity contribution in [3.8, 4) is 11.3 Å². The first-order valence-corrected chi connectivity index (χ1v) is 9.93. The second-order valence-electron chi connectivity index (χ2n) is 7.85. The molecular formula is C25H24FN3O. The molecule has 0 aliphatic carbocycles. The third kappa shape index (κ3) is 3.83. The Morgan fingerprint density at radius 1 is 0.967 bits per heavy atom. The number of halogens is 1. The second kappa shape index (κ2) is 7.75. The van der Waals surface area contributed by atoms with Crippen LogP contribution < -0.4 is 5.32 Å². The lowest BCUT2D eigenvalue weighted by Gasteiger charge is -2.11. The predicted molar refractivity (Wildman–Crippen MR) is 118 cm³/mol. The number of benzene rings is 2. The summed E-state index contributed by atoms with van der Waals surface area (Å²) >= 11 is 0. The van der Waals surface area contributed by atoms with Gasteiger partial charge < -0.3 is 9.72 Å². The molecule has 0 bridgehead atoms. The summed E-state index contributed by atoms with van der Waals surface area (Å²) in [5.74, 6) is -0.375. The largest absolute Gasteiger partial charge is 0.326 e. The Morgan fingerprint density at radius 3 is 2.50 bits per heavy atom. The number of pyridine rings is 1. The molecule has 0 fully saturated rings. The smallest absolute Gasteiger partial charge is 0.230 e. The number of aromatic nitrogens is 2. The summed E-state index contributed by atoms with van der Waals surface area (Å²) in [4.78, 5) is 17.7. The average molecular weight is 401 g/mol. The molecule has 0 unspecified atom stereocenters. The Bertz CT molecular complexity index is 1270. The van der Waals surface area contributed by atoms with Gasteiger partial charge in [0.15, 0.2) is 0 Å². The van der Waals surface area contributed by atoms with E-state index in [9.17, 15) is 9.18 Å². The fourth-order valence-electron chi connectivity index (χ4n) is 3.61. The zero-order chi connectivity index (χ0) is 21.4. The molecule has 0 spiro atoms. The molecule has 0 radical (unpaired) electrons. The van der Waals surface area contributed by atoms with E-state index in [2.05, 4.69) is 5.32 Å². The van der Waals surface area contributed by atoms with Gasteiger partial charge in [-0.3, -0.25) is 4.79 Å². The highest BCUT2D eigenvalue weighted by Crippen LogP contribution is 2.27. The Kier molecular flexibility index (Phi) is 5.12. The maximum Gasteiger partial charge on any atom is 0.230 e. The fraction of sp³-hybridized carbons (Fsp3) is 0.200. The van der Waals surface area contributed by atoms with Gasteiger partial charge in [-0.1, -0.05) is 18.2 Å². The molecule has 1 amide bonds. The Balaban J connectivity index is 1.76. The number of nitrogens with one attached hydrogen (secondary N) is 1. The summed E-state index contributed by atoms with van der Waals surface area (Å²) in [5, 5.41) is 3.03. The fourth-order valence-corrected chi connectivity index (χ4v) is 3.61. The van der Waals surface area contributed by atoms with Crippen LogP contribution in [0.3, 0.4) is 0 Å². The number of hydrogen-bond donors (Lipinski definition) is 1. The summed E-state index contributed by atoms with van der Waals surface area (Å²) in [5.41, 5.74) is 7.55. The van der Waals surface area contributed by atoms with Gasteiger partial charge in [-0.25, -0.2) is 9.37 Å². The van der Waals surface area contributed by atoms with Crippen LogP contribution in [0.1, 0.15) is 27.9 Å². The van der Waals surface area contributed by atoms with Crippen molar-refractivity contribution in [1.82, 2.24) is 9.38 Å². The number of fused-ring (bicyclic) bond motifs is 1. The van der Waals surface area contributed by atoms with Crippen molar-refractivity contribution in [3.63, 3.8) is 0 Å². The molecule has 30 heavy (non-hydrogen) atoms. The minimum Gasteiger partial charge on any atom is -0.326 e. The van der Waals surface area contributed by atoms with E-state index in [-0.39, 0.29) is 18.1 Å². The molecule has 5 heteroatoms. The SMILES string of the molecule is Cc1ccc(C)c(NC(=O)Cc2c(-c3ccc(F)c(C)c3)nc3ccc(C)cn23)c1. The Labute approximate surface area is 175 Å². The van der Waals surface area contributed by atoms with Crippen molar-refractivity contribution < 1.29 is 9.18 Å². The number of imidazole rings is 1. The molecule has 4 nitrogen and oxygen atoms in total. The van der Waals surface area contributed by atoms with Gasteiger partial charge in [0, 0.05) is 17.4 Å². The van der Waals surface area contributed by atoms with Crippen LogP contribution in [0, 0.1) is 33.5 Å². The van der Waals surface area contributed by atoms with E-state index < -0.39 is 0 Å². The first-order chi connectivity index (χ1) is 14.3. The molecule has 4 rings (SSSR count). The predicted octanol–water partition coefficient (Wildman–Crippen LogP) is 5.56. The quantitative estimate of drug-likeness (QED) is 0.487. The maximum absolute atomic E-state index is 13.8. The molecule has 2 aromatic carbocycles. The lowest BCUT2D eigenvalue weighted by Crippen LogP contribution is -2.17. The number of aryl methyl sites for hydroxylation is 4. The number of hydrogen-bond acceptors (Lipinski definition) is 2. The topological polar surface area (TPSA) is 46.4 Å². The molecule has 0 aliphatic rings. The molecule has 2 heterocycles. The second-order valence-corrected chi connectivity index (χ2v) is 7.85. The average Bonchev–Trinajstić information content (AvgIpc) is 3.04. The molecule has 152 valence electrons. The van der Waals surface area contributed by atoms with Gasteiger partial charge in [0.1, 0.15) is 11.5 Å². The van der Waals surface area contributed by atoms with Crippen LogP contribution in [0.15, 0.2) is 54.7 Å². The molecule has 0 saturated carbocycles. The van der Waals surface area contributed by atoms with Crippen molar-refractivity contribution in [2.24, 2.45) is 0 Å². The highest BCUT2D eigenvalue weighted by molar-refractivity contribution is 5.94. The highest BCUT2D eigenvalue weighted by atomic mass is 19.1. The molecule has 1 N–H and O–H groups in total. The van der Waals surface area contributed by atoms with E-state index in [0.29, 0.717) is 11.3 Å². The zero-order valence-electron chi connectivity index (χ0n) is 17.6. The van der Waals surface area contributed by atoms with Crippen molar-refractivity contribution in [2.45, 2.75) is 34.1 Å². The van der Waals surface area contributed by atoms with E-state index >= 15 is 0 Å². The van der Waals surface area contributed by atoms with Crippen LogP contribution in [0.4, 0.5) is 10.1 Å². The van der Waals surface area contributed by atoms with Crippen molar-refractivity contribution in [3.05, 3.63) is 88.5 Å². The highest BCUT2D eigenvalue weighted by Gasteiger charge is 2.18. The Hall–Kier alpha value is -3.47. The molecular weight excluding hydrogens is 377 g/mol. The maximum atomic E-state index is 13.8. The molecule has 0 atom stereocenters. The minimum absolute atomic E-state index is 0.118. The number of anilines is 1. The molecule has 4 aromatic rings. The van der Waals surface area contributed by atoms with E-state index in [1.165, 1.54) is 6.07 Å². The van der Waals surface area contributed by atoms with Crippen molar-refractivity contribution in [2.75, 3.05) is 5.32 Å². The van der Waals surface area contributed by atoms with Crippen LogP contribution in [0.2, 0.25) is 0 Å². The summed E-state index contributed by atoms with van der Waals surface area (Å²) in [6.45, 7) is 7.70. The summed E-state index contributed by atoms with van der Waals surface area (Å²) in [7, 11) is 0. The van der Waals surface area contributed by atoms with Gasteiger partial charge in [-0.05, 0) is 80.3 Å². The zero-order valence-corrected chi connectivity index (χ0v) is 17.6. The number of nitrogens with zero attached hydrogens (tertiary/aromatic N) is 2. The molecule has 0 aliphatic heterocycles. The van der Waals surface area contributed by atoms with Crippen molar-refractivity contribution in [1.29, 1.82) is 0 Å². The summed E-state index contributed by atoms with van der Waals surface area (Å²) < 4.78 is 15.8. The lowest BCUT2D eigenvalue weighted by molar-refractivity contribution is -0.115. The third-order valence-electron chi connectivity index (χ3n) is 5.29.